The van der Waals surface area contributed by atoms with E-state index in [-0.39, 0.29) is 6.10 Å². The molecule has 1 aliphatic rings. The molecule has 1 N–H and O–H groups in total. The van der Waals surface area contributed by atoms with E-state index < -0.39 is 0 Å². The van der Waals surface area contributed by atoms with Crippen molar-refractivity contribution in [2.24, 2.45) is 0 Å². The number of hydrogen-bond donors (Lipinski definition) is 1. The van der Waals surface area contributed by atoms with Crippen molar-refractivity contribution >= 4 is 0 Å². The highest BCUT2D eigenvalue weighted by atomic mass is 16.3. The number of hydrogen-bond acceptors (Lipinski definition) is 1. The van der Waals surface area contributed by atoms with Crippen molar-refractivity contribution in [3.8, 4) is 11.1 Å². The van der Waals surface area contributed by atoms with Crippen LogP contribution in [0.5, 0.6) is 0 Å². The Morgan fingerprint density at radius 3 is 2.40 bits per heavy atom. The smallest absolute Gasteiger partial charge is 0.0836 e. The Hall–Kier alpha value is -1.60. The third-order valence-corrected chi connectivity index (χ3v) is 3.04. The van der Waals surface area contributed by atoms with E-state index in [2.05, 4.69) is 18.2 Å². The van der Waals surface area contributed by atoms with Gasteiger partial charge in [0.05, 0.1) is 6.10 Å². The van der Waals surface area contributed by atoms with Crippen LogP contribution >= 0.6 is 0 Å². The summed E-state index contributed by atoms with van der Waals surface area (Å²) in [6, 6.07) is 16.4. The van der Waals surface area contributed by atoms with Crippen molar-refractivity contribution in [2.75, 3.05) is 0 Å². The first-order valence-electron chi connectivity index (χ1n) is 5.21. The molecule has 0 unspecified atom stereocenters. The highest BCUT2D eigenvalue weighted by Crippen LogP contribution is 2.37. The second-order valence-corrected chi connectivity index (χ2v) is 3.96. The van der Waals surface area contributed by atoms with Crippen LogP contribution in [0.15, 0.2) is 48.5 Å². The van der Waals surface area contributed by atoms with Crippen LogP contribution in [0.4, 0.5) is 0 Å². The standard InChI is InChI=1S/C14H12O/c15-14-9-10-5-1-2-6-11(10)12-7-3-4-8-13(12)14/h1-8,14-15H,9H2/t14-/m0/s1. The predicted molar refractivity (Wildman–Crippen MR) is 60.5 cm³/mol. The largest absolute Gasteiger partial charge is 0.388 e. The van der Waals surface area contributed by atoms with Crippen LogP contribution in [0.3, 0.4) is 0 Å². The molecule has 0 spiro atoms. The minimum atomic E-state index is -0.351. The van der Waals surface area contributed by atoms with E-state index in [1.54, 1.807) is 0 Å². The van der Waals surface area contributed by atoms with Gasteiger partial charge in [-0.2, -0.15) is 0 Å². The van der Waals surface area contributed by atoms with E-state index in [0.29, 0.717) is 0 Å². The minimum Gasteiger partial charge on any atom is -0.388 e. The number of fused-ring (bicyclic) bond motifs is 3. The Kier molecular flexibility index (Phi) is 1.86. The van der Waals surface area contributed by atoms with Gasteiger partial charge in [0.2, 0.25) is 0 Å². The van der Waals surface area contributed by atoms with E-state index in [9.17, 15) is 5.11 Å². The molecule has 0 saturated heterocycles. The van der Waals surface area contributed by atoms with Crippen LogP contribution < -0.4 is 0 Å². The zero-order valence-corrected chi connectivity index (χ0v) is 8.35. The van der Waals surface area contributed by atoms with Crippen molar-refractivity contribution in [2.45, 2.75) is 12.5 Å². The van der Waals surface area contributed by atoms with Gasteiger partial charge in [-0.3, -0.25) is 0 Å². The number of aliphatic hydroxyl groups is 1. The summed E-state index contributed by atoms with van der Waals surface area (Å²) < 4.78 is 0. The molecule has 1 atom stereocenters. The maximum absolute atomic E-state index is 10.0. The fourth-order valence-electron chi connectivity index (χ4n) is 2.31. The molecule has 0 fully saturated rings. The fourth-order valence-corrected chi connectivity index (χ4v) is 2.31. The van der Waals surface area contributed by atoms with E-state index in [4.69, 9.17) is 0 Å². The number of rotatable bonds is 0. The zero-order chi connectivity index (χ0) is 10.3. The van der Waals surface area contributed by atoms with Gasteiger partial charge >= 0.3 is 0 Å². The lowest BCUT2D eigenvalue weighted by atomic mass is 9.84. The molecule has 3 rings (SSSR count). The van der Waals surface area contributed by atoms with Crippen LogP contribution in [0.1, 0.15) is 17.2 Å². The molecule has 15 heavy (non-hydrogen) atoms. The van der Waals surface area contributed by atoms with E-state index in [0.717, 1.165) is 12.0 Å². The van der Waals surface area contributed by atoms with Crippen LogP contribution in [0.25, 0.3) is 11.1 Å². The molecular formula is C14H12O. The quantitative estimate of drug-likeness (QED) is 0.686. The van der Waals surface area contributed by atoms with Gasteiger partial charge in [-0.05, 0) is 22.3 Å². The average molecular weight is 196 g/mol. The third-order valence-electron chi connectivity index (χ3n) is 3.04. The fraction of sp³-hybridized carbons (Fsp3) is 0.143. The molecule has 1 heteroatoms. The SMILES string of the molecule is O[C@H]1Cc2ccccc2-c2ccccc21. The lowest BCUT2D eigenvalue weighted by Gasteiger charge is -2.23. The molecule has 0 aromatic heterocycles. The highest BCUT2D eigenvalue weighted by Gasteiger charge is 2.21. The third kappa shape index (κ3) is 1.28. The number of aliphatic hydroxyl groups excluding tert-OH is 1. The monoisotopic (exact) mass is 196 g/mol. The van der Waals surface area contributed by atoms with Crippen molar-refractivity contribution < 1.29 is 5.11 Å². The topological polar surface area (TPSA) is 20.2 Å². The highest BCUT2D eigenvalue weighted by molar-refractivity contribution is 5.73. The summed E-state index contributed by atoms with van der Waals surface area (Å²) in [5.74, 6) is 0. The van der Waals surface area contributed by atoms with Crippen molar-refractivity contribution in [1.29, 1.82) is 0 Å². The molecule has 1 nitrogen and oxygen atoms in total. The molecule has 74 valence electrons. The Bertz CT molecular complexity index is 502. The Balaban J connectivity index is 2.30. The summed E-state index contributed by atoms with van der Waals surface area (Å²) in [5.41, 5.74) is 4.73. The van der Waals surface area contributed by atoms with Crippen LogP contribution in [-0.2, 0) is 6.42 Å². The lowest BCUT2D eigenvalue weighted by Crippen LogP contribution is -2.10. The van der Waals surface area contributed by atoms with Gasteiger partial charge in [0.15, 0.2) is 0 Å². The molecule has 2 aromatic carbocycles. The molecule has 0 aliphatic heterocycles. The molecule has 0 bridgehead atoms. The van der Waals surface area contributed by atoms with Gasteiger partial charge in [-0.15, -0.1) is 0 Å². The second-order valence-electron chi connectivity index (χ2n) is 3.96. The van der Waals surface area contributed by atoms with Crippen LogP contribution in [0, 0.1) is 0 Å². The summed E-state index contributed by atoms with van der Waals surface area (Å²) in [7, 11) is 0. The summed E-state index contributed by atoms with van der Waals surface area (Å²) >= 11 is 0. The first-order valence-corrected chi connectivity index (χ1v) is 5.21. The van der Waals surface area contributed by atoms with Crippen LogP contribution in [-0.4, -0.2) is 5.11 Å². The Morgan fingerprint density at radius 2 is 1.53 bits per heavy atom. The van der Waals surface area contributed by atoms with Gasteiger partial charge in [-0.25, -0.2) is 0 Å². The zero-order valence-electron chi connectivity index (χ0n) is 8.35. The maximum Gasteiger partial charge on any atom is 0.0836 e. The molecule has 0 amide bonds. The molecule has 2 aromatic rings. The summed E-state index contributed by atoms with van der Waals surface area (Å²) in [4.78, 5) is 0. The molecule has 1 aliphatic carbocycles. The van der Waals surface area contributed by atoms with Gasteiger partial charge in [-0.1, -0.05) is 48.5 Å². The number of benzene rings is 2. The van der Waals surface area contributed by atoms with Crippen molar-refractivity contribution in [1.82, 2.24) is 0 Å². The molecular weight excluding hydrogens is 184 g/mol. The Morgan fingerprint density at radius 1 is 0.867 bits per heavy atom. The lowest BCUT2D eigenvalue weighted by molar-refractivity contribution is 0.177. The molecule has 0 heterocycles. The van der Waals surface area contributed by atoms with E-state index >= 15 is 0 Å². The van der Waals surface area contributed by atoms with Gasteiger partial charge in [0.1, 0.15) is 0 Å². The second kappa shape index (κ2) is 3.21. The minimum absolute atomic E-state index is 0.351. The predicted octanol–water partition coefficient (Wildman–Crippen LogP) is 2.94. The molecule has 0 radical (unpaired) electrons. The van der Waals surface area contributed by atoms with E-state index in [1.165, 1.54) is 16.7 Å². The van der Waals surface area contributed by atoms with Gasteiger partial charge < -0.3 is 5.11 Å². The summed E-state index contributed by atoms with van der Waals surface area (Å²) in [5, 5.41) is 10.0. The summed E-state index contributed by atoms with van der Waals surface area (Å²) in [6.45, 7) is 0. The van der Waals surface area contributed by atoms with Crippen LogP contribution in [0.2, 0.25) is 0 Å². The average Bonchev–Trinajstić information content (AvgIpc) is 2.30. The van der Waals surface area contributed by atoms with Gasteiger partial charge in [0, 0.05) is 6.42 Å². The molecule has 0 saturated carbocycles. The normalized spacial score (nSPS) is 18.1. The summed E-state index contributed by atoms with van der Waals surface area (Å²) in [6.07, 6.45) is 0.379. The van der Waals surface area contributed by atoms with Crippen molar-refractivity contribution in [3.05, 3.63) is 59.7 Å². The first-order chi connectivity index (χ1) is 7.36. The maximum atomic E-state index is 10.0. The van der Waals surface area contributed by atoms with Gasteiger partial charge in [0.25, 0.3) is 0 Å². The Labute approximate surface area is 89.0 Å². The first kappa shape index (κ1) is 8.69. The van der Waals surface area contributed by atoms with Crippen molar-refractivity contribution in [3.63, 3.8) is 0 Å². The van der Waals surface area contributed by atoms with E-state index in [1.807, 2.05) is 30.3 Å².